The number of nitrogens with two attached hydrogens (primary N) is 1. The molecule has 36 heavy (non-hydrogen) atoms. The number of aromatic nitrogens is 3. The van der Waals surface area contributed by atoms with Crippen LogP contribution in [0, 0.1) is 0 Å². The topological polar surface area (TPSA) is 131 Å². The van der Waals surface area contributed by atoms with Crippen LogP contribution in [0.25, 0.3) is 21.9 Å². The summed E-state index contributed by atoms with van der Waals surface area (Å²) in [6.07, 6.45) is 1.97. The van der Waals surface area contributed by atoms with Crippen molar-refractivity contribution < 1.29 is 22.6 Å². The van der Waals surface area contributed by atoms with Crippen molar-refractivity contribution in [3.05, 3.63) is 48.3 Å². The summed E-state index contributed by atoms with van der Waals surface area (Å²) in [5, 5.41) is 0.976. The number of aryl methyl sites for hydroxylation is 1. The zero-order valence-corrected chi connectivity index (χ0v) is 21.5. The van der Waals surface area contributed by atoms with Gasteiger partial charge in [-0.1, -0.05) is 18.2 Å². The molecule has 0 bridgehead atoms. The van der Waals surface area contributed by atoms with E-state index in [2.05, 4.69) is 14.3 Å². The van der Waals surface area contributed by atoms with E-state index in [-0.39, 0.29) is 17.2 Å². The van der Waals surface area contributed by atoms with E-state index in [9.17, 15) is 8.42 Å². The van der Waals surface area contributed by atoms with Crippen molar-refractivity contribution in [3.8, 4) is 11.5 Å². The molecular weight excluding hydrogens is 482 g/mol. The maximum Gasteiger partial charge on any atom is 0.244 e. The smallest absolute Gasteiger partial charge is 0.244 e. The second-order valence-corrected chi connectivity index (χ2v) is 9.99. The number of fused-ring (bicyclic) bond motifs is 3. The lowest BCUT2D eigenvalue weighted by Gasteiger charge is -2.13. The van der Waals surface area contributed by atoms with Gasteiger partial charge in [-0.2, -0.15) is 0 Å². The maximum atomic E-state index is 12.9. The molecule has 2 aromatic carbocycles. The van der Waals surface area contributed by atoms with Crippen LogP contribution in [0.5, 0.6) is 11.5 Å². The summed E-state index contributed by atoms with van der Waals surface area (Å²) in [4.78, 5) is 9.32. The molecule has 0 radical (unpaired) electrons. The number of benzene rings is 2. The average molecular weight is 514 g/mol. The number of pyridine rings is 1. The van der Waals surface area contributed by atoms with E-state index in [1.54, 1.807) is 19.2 Å². The van der Waals surface area contributed by atoms with E-state index in [1.165, 1.54) is 20.3 Å². The van der Waals surface area contributed by atoms with E-state index in [0.29, 0.717) is 43.1 Å². The largest absolute Gasteiger partial charge is 0.497 e. The van der Waals surface area contributed by atoms with Crippen LogP contribution >= 0.6 is 0 Å². The van der Waals surface area contributed by atoms with Crippen LogP contribution in [-0.4, -0.2) is 57.4 Å². The summed E-state index contributed by atoms with van der Waals surface area (Å²) in [5.41, 5.74) is 8.66. The Hall–Kier alpha value is -3.41. The molecule has 0 unspecified atom stereocenters. The Bertz CT molecular complexity index is 1470. The predicted molar refractivity (Wildman–Crippen MR) is 139 cm³/mol. The molecule has 4 rings (SSSR count). The molecular formula is C25H31N5O5S. The molecule has 11 heteroatoms. The number of hydrogen-bond donors (Lipinski definition) is 2. The number of sulfonamides is 1. The summed E-state index contributed by atoms with van der Waals surface area (Å²) in [7, 11) is 0.799. The van der Waals surface area contributed by atoms with Crippen LogP contribution in [0.2, 0.25) is 0 Å². The molecule has 3 N–H and O–H groups in total. The Morgan fingerprint density at radius 3 is 2.58 bits per heavy atom. The zero-order chi connectivity index (χ0) is 25.7. The van der Waals surface area contributed by atoms with Crippen LogP contribution < -0.4 is 19.9 Å². The highest BCUT2D eigenvalue weighted by Gasteiger charge is 2.21. The first-order valence-corrected chi connectivity index (χ1v) is 13.1. The molecule has 192 valence electrons. The van der Waals surface area contributed by atoms with Crippen molar-refractivity contribution in [2.45, 2.75) is 30.7 Å². The van der Waals surface area contributed by atoms with E-state index in [0.717, 1.165) is 28.7 Å². The molecule has 0 saturated heterocycles. The Morgan fingerprint density at radius 2 is 1.83 bits per heavy atom. The molecule has 4 aromatic rings. The fourth-order valence-electron chi connectivity index (χ4n) is 4.20. The minimum atomic E-state index is -3.77. The Labute approximate surface area is 210 Å². The van der Waals surface area contributed by atoms with Gasteiger partial charge in [-0.05, 0) is 31.0 Å². The highest BCUT2D eigenvalue weighted by Crippen LogP contribution is 2.30. The fourth-order valence-corrected chi connectivity index (χ4v) is 5.46. The number of nitrogens with zero attached hydrogens (tertiary/aromatic N) is 3. The van der Waals surface area contributed by atoms with Gasteiger partial charge in [0.15, 0.2) is 5.82 Å². The number of ether oxygens (including phenoxy) is 3. The van der Waals surface area contributed by atoms with Gasteiger partial charge in [-0.15, -0.1) is 0 Å². The predicted octanol–water partition coefficient (Wildman–Crippen LogP) is 3.13. The molecule has 0 fully saturated rings. The number of hydrogen-bond acceptors (Lipinski definition) is 8. The average Bonchev–Trinajstić information content (AvgIpc) is 3.26. The quantitative estimate of drug-likeness (QED) is 0.276. The molecule has 0 atom stereocenters. The van der Waals surface area contributed by atoms with Crippen LogP contribution in [0.4, 0.5) is 5.82 Å². The first-order chi connectivity index (χ1) is 17.4. The van der Waals surface area contributed by atoms with E-state index in [4.69, 9.17) is 24.9 Å². The monoisotopic (exact) mass is 513 g/mol. The third-order valence-corrected chi connectivity index (χ3v) is 7.46. The van der Waals surface area contributed by atoms with Crippen LogP contribution in [0.1, 0.15) is 18.7 Å². The first-order valence-electron chi connectivity index (χ1n) is 11.6. The van der Waals surface area contributed by atoms with Gasteiger partial charge in [-0.25, -0.2) is 23.1 Å². The number of methoxy groups -OCH3 is 3. The first kappa shape index (κ1) is 25.7. The normalized spacial score (nSPS) is 11.9. The van der Waals surface area contributed by atoms with Crippen LogP contribution in [0.15, 0.2) is 47.4 Å². The molecule has 0 aliphatic heterocycles. The van der Waals surface area contributed by atoms with Crippen LogP contribution in [-0.2, 0) is 27.7 Å². The number of imidazole rings is 1. The minimum absolute atomic E-state index is 0.0428. The number of para-hydroxylation sites is 1. The highest BCUT2D eigenvalue weighted by atomic mass is 32.2. The number of nitrogen functional groups attached to an aromatic ring is 1. The van der Waals surface area contributed by atoms with Gasteiger partial charge in [0, 0.05) is 38.1 Å². The molecule has 0 amide bonds. The van der Waals surface area contributed by atoms with Gasteiger partial charge < -0.3 is 24.5 Å². The Morgan fingerprint density at radius 1 is 1.03 bits per heavy atom. The highest BCUT2D eigenvalue weighted by molar-refractivity contribution is 7.89. The lowest BCUT2D eigenvalue weighted by molar-refractivity contribution is 0.199. The summed E-state index contributed by atoms with van der Waals surface area (Å²) >= 11 is 0. The molecule has 0 aliphatic carbocycles. The molecule has 10 nitrogen and oxygen atoms in total. The Kier molecular flexibility index (Phi) is 7.92. The molecule has 2 aromatic heterocycles. The van der Waals surface area contributed by atoms with Gasteiger partial charge >= 0.3 is 0 Å². The van der Waals surface area contributed by atoms with E-state index >= 15 is 0 Å². The number of anilines is 1. The van der Waals surface area contributed by atoms with Crippen molar-refractivity contribution in [1.29, 1.82) is 0 Å². The number of unbranched alkanes of at least 4 members (excludes halogenated alkanes) is 1. The summed E-state index contributed by atoms with van der Waals surface area (Å²) < 4.78 is 46.3. The van der Waals surface area contributed by atoms with Crippen LogP contribution in [0.3, 0.4) is 0 Å². The lowest BCUT2D eigenvalue weighted by Crippen LogP contribution is -2.25. The van der Waals surface area contributed by atoms with Crippen molar-refractivity contribution in [2.75, 3.05) is 40.2 Å². The zero-order valence-electron chi connectivity index (χ0n) is 20.7. The van der Waals surface area contributed by atoms with Crippen molar-refractivity contribution in [1.82, 2.24) is 19.3 Å². The minimum Gasteiger partial charge on any atom is -0.497 e. The molecule has 0 spiro atoms. The fraction of sp³-hybridized carbons (Fsp3) is 0.360. The number of rotatable bonds is 12. The molecule has 2 heterocycles. The van der Waals surface area contributed by atoms with Crippen molar-refractivity contribution in [2.24, 2.45) is 0 Å². The van der Waals surface area contributed by atoms with E-state index in [1.807, 2.05) is 24.3 Å². The third kappa shape index (κ3) is 5.23. The standard InChI is InChI=1S/C25H31N5O5S/c1-33-15-12-22-29-23-24(18-8-4-5-9-19(18)28-25(23)26)30(22)14-7-6-13-27-36(31,32)21-16-17(34-2)10-11-20(21)35-3/h4-5,8-11,16,27H,6-7,12-15H2,1-3H3,(H2,26,28). The van der Waals surface area contributed by atoms with E-state index < -0.39 is 10.0 Å². The van der Waals surface area contributed by atoms with Gasteiger partial charge in [0.1, 0.15) is 27.7 Å². The van der Waals surface area contributed by atoms with Gasteiger partial charge in [0.25, 0.3) is 0 Å². The van der Waals surface area contributed by atoms with Gasteiger partial charge in [0.05, 0.1) is 31.9 Å². The third-order valence-electron chi connectivity index (χ3n) is 5.98. The van der Waals surface area contributed by atoms with Gasteiger partial charge in [0.2, 0.25) is 10.0 Å². The summed E-state index contributed by atoms with van der Waals surface area (Å²) in [5.74, 6) is 1.95. The summed E-state index contributed by atoms with van der Waals surface area (Å²) in [6, 6.07) is 12.5. The van der Waals surface area contributed by atoms with Crippen molar-refractivity contribution >= 4 is 37.8 Å². The van der Waals surface area contributed by atoms with Gasteiger partial charge in [-0.3, -0.25) is 0 Å². The SMILES string of the molecule is COCCc1nc2c(N)nc3ccccc3c2n1CCCCNS(=O)(=O)c1cc(OC)ccc1OC. The molecule has 0 aliphatic rings. The Balaban J connectivity index is 1.51. The second kappa shape index (κ2) is 11.1. The lowest BCUT2D eigenvalue weighted by atomic mass is 10.2. The summed E-state index contributed by atoms with van der Waals surface area (Å²) in [6.45, 7) is 1.44. The second-order valence-electron chi connectivity index (χ2n) is 8.26. The van der Waals surface area contributed by atoms with Crippen molar-refractivity contribution in [3.63, 3.8) is 0 Å². The number of nitrogens with one attached hydrogen (secondary N) is 1. The molecule has 0 saturated carbocycles. The maximum absolute atomic E-state index is 12.9.